The summed E-state index contributed by atoms with van der Waals surface area (Å²) >= 11 is 3.62. The van der Waals surface area contributed by atoms with E-state index in [0.29, 0.717) is 10.8 Å². The molecule has 0 N–H and O–H groups in total. The zero-order valence-electron chi connectivity index (χ0n) is 5.96. The van der Waals surface area contributed by atoms with Crippen molar-refractivity contribution in [3.05, 3.63) is 0 Å². The van der Waals surface area contributed by atoms with Crippen LogP contribution in [0, 0.1) is 10.8 Å². The zero-order valence-corrected chi connectivity index (χ0v) is 7.54. The zero-order chi connectivity index (χ0) is 6.58. The first-order valence-electron chi connectivity index (χ1n) is 3.05. The molecule has 1 aliphatic rings. The molecule has 0 atom stereocenters. The highest BCUT2D eigenvalue weighted by Gasteiger charge is 2.63. The summed E-state index contributed by atoms with van der Waals surface area (Å²) in [4.78, 5) is 0.725. The van der Waals surface area contributed by atoms with Crippen LogP contribution >= 0.6 is 15.9 Å². The van der Waals surface area contributed by atoms with E-state index in [4.69, 9.17) is 0 Å². The van der Waals surface area contributed by atoms with Crippen molar-refractivity contribution in [2.45, 2.75) is 32.5 Å². The van der Waals surface area contributed by atoms with Gasteiger partial charge in [-0.05, 0) is 10.8 Å². The first-order valence-corrected chi connectivity index (χ1v) is 3.96. The van der Waals surface area contributed by atoms with Crippen molar-refractivity contribution < 1.29 is 0 Å². The molecule has 0 unspecified atom stereocenters. The molecule has 0 saturated heterocycles. The minimum Gasteiger partial charge on any atom is -0.0879 e. The summed E-state index contributed by atoms with van der Waals surface area (Å²) in [7, 11) is 0. The van der Waals surface area contributed by atoms with Gasteiger partial charge in [0.05, 0.1) is 0 Å². The van der Waals surface area contributed by atoms with Gasteiger partial charge in [0.25, 0.3) is 0 Å². The van der Waals surface area contributed by atoms with Crippen LogP contribution in [0.2, 0.25) is 0 Å². The van der Waals surface area contributed by atoms with Crippen molar-refractivity contribution in [3.63, 3.8) is 0 Å². The van der Waals surface area contributed by atoms with Gasteiger partial charge in [-0.2, -0.15) is 0 Å². The van der Waals surface area contributed by atoms with E-state index in [0.717, 1.165) is 4.83 Å². The second-order valence-corrected chi connectivity index (χ2v) is 4.72. The van der Waals surface area contributed by atoms with Crippen LogP contribution in [0.25, 0.3) is 0 Å². The lowest BCUT2D eigenvalue weighted by molar-refractivity contribution is 0.457. The van der Waals surface area contributed by atoms with Crippen LogP contribution in [0.1, 0.15) is 27.7 Å². The summed E-state index contributed by atoms with van der Waals surface area (Å²) in [6.45, 7) is 9.19. The Kier molecular flexibility index (Phi) is 1.08. The third-order valence-electron chi connectivity index (χ3n) is 2.84. The van der Waals surface area contributed by atoms with E-state index < -0.39 is 0 Å². The molecule has 0 aliphatic heterocycles. The van der Waals surface area contributed by atoms with E-state index in [2.05, 4.69) is 43.6 Å². The average Bonchev–Trinajstić information content (AvgIpc) is 1.88. The lowest BCUT2D eigenvalue weighted by Gasteiger charge is -2.03. The fraction of sp³-hybridized carbons (Fsp3) is 1.00. The minimum absolute atomic E-state index is 0.521. The summed E-state index contributed by atoms with van der Waals surface area (Å²) in [5.41, 5.74) is 1.04. The molecule has 0 bridgehead atoms. The Morgan fingerprint density at radius 3 is 1.12 bits per heavy atom. The monoisotopic (exact) mass is 176 g/mol. The van der Waals surface area contributed by atoms with E-state index in [1.54, 1.807) is 0 Å². The van der Waals surface area contributed by atoms with Gasteiger partial charge in [-0.25, -0.2) is 0 Å². The quantitative estimate of drug-likeness (QED) is 0.499. The minimum atomic E-state index is 0.521. The van der Waals surface area contributed by atoms with Crippen molar-refractivity contribution in [2.75, 3.05) is 0 Å². The van der Waals surface area contributed by atoms with E-state index in [1.165, 1.54) is 0 Å². The maximum Gasteiger partial charge on any atom is 0.0259 e. The van der Waals surface area contributed by atoms with Crippen LogP contribution < -0.4 is 0 Å². The summed E-state index contributed by atoms with van der Waals surface area (Å²) < 4.78 is 0. The molecule has 0 nitrogen and oxygen atoms in total. The number of alkyl halides is 1. The topological polar surface area (TPSA) is 0 Å². The predicted octanol–water partition coefficient (Wildman–Crippen LogP) is 2.82. The van der Waals surface area contributed by atoms with Gasteiger partial charge >= 0.3 is 0 Å². The Morgan fingerprint density at radius 1 is 1.00 bits per heavy atom. The molecule has 8 heavy (non-hydrogen) atoms. The standard InChI is InChI=1S/C7H13Br/c1-6(2)5(8)7(6,3)4/h5H,1-4H3. The summed E-state index contributed by atoms with van der Waals surface area (Å²) in [6.07, 6.45) is 0. The lowest BCUT2D eigenvalue weighted by Crippen LogP contribution is -1.95. The van der Waals surface area contributed by atoms with Crippen LogP contribution in [0.15, 0.2) is 0 Å². The largest absolute Gasteiger partial charge is 0.0879 e. The van der Waals surface area contributed by atoms with Gasteiger partial charge in [0.15, 0.2) is 0 Å². The molecule has 1 rings (SSSR count). The molecule has 1 saturated carbocycles. The van der Waals surface area contributed by atoms with Crippen LogP contribution in [0.3, 0.4) is 0 Å². The summed E-state index contributed by atoms with van der Waals surface area (Å²) in [5, 5.41) is 0. The molecule has 0 heterocycles. The highest BCUT2D eigenvalue weighted by Crippen LogP contribution is 2.66. The summed E-state index contributed by atoms with van der Waals surface area (Å²) in [5.74, 6) is 0. The second-order valence-electron chi connectivity index (χ2n) is 3.81. The lowest BCUT2D eigenvalue weighted by atomic mass is 10.0. The Balaban J connectivity index is 2.72. The van der Waals surface area contributed by atoms with E-state index >= 15 is 0 Å². The third kappa shape index (κ3) is 0.513. The highest BCUT2D eigenvalue weighted by atomic mass is 79.9. The molecular weight excluding hydrogens is 164 g/mol. The molecule has 0 radical (unpaired) electrons. The molecule has 1 fully saturated rings. The Labute approximate surface area is 59.8 Å². The van der Waals surface area contributed by atoms with Crippen molar-refractivity contribution in [2.24, 2.45) is 10.8 Å². The number of hydrogen-bond donors (Lipinski definition) is 0. The van der Waals surface area contributed by atoms with Gasteiger partial charge in [-0.3, -0.25) is 0 Å². The van der Waals surface area contributed by atoms with Crippen molar-refractivity contribution in [1.82, 2.24) is 0 Å². The molecule has 1 heteroatoms. The van der Waals surface area contributed by atoms with Crippen LogP contribution in [-0.2, 0) is 0 Å². The summed E-state index contributed by atoms with van der Waals surface area (Å²) in [6, 6.07) is 0. The molecule has 0 aromatic rings. The smallest absolute Gasteiger partial charge is 0.0259 e. The molecule has 48 valence electrons. The SMILES string of the molecule is CC1(C)C(Br)C1(C)C. The maximum absolute atomic E-state index is 3.62. The van der Waals surface area contributed by atoms with Crippen LogP contribution in [0.5, 0.6) is 0 Å². The molecule has 0 amide bonds. The Morgan fingerprint density at radius 2 is 1.12 bits per heavy atom. The highest BCUT2D eigenvalue weighted by molar-refractivity contribution is 9.09. The van der Waals surface area contributed by atoms with Gasteiger partial charge in [0, 0.05) is 4.83 Å². The van der Waals surface area contributed by atoms with Gasteiger partial charge < -0.3 is 0 Å². The van der Waals surface area contributed by atoms with Crippen molar-refractivity contribution >= 4 is 15.9 Å². The van der Waals surface area contributed by atoms with E-state index in [1.807, 2.05) is 0 Å². The molecule has 0 spiro atoms. The average molecular weight is 177 g/mol. The third-order valence-corrected chi connectivity index (χ3v) is 5.13. The fourth-order valence-electron chi connectivity index (χ4n) is 1.12. The normalized spacial score (nSPS) is 32.6. The van der Waals surface area contributed by atoms with E-state index in [9.17, 15) is 0 Å². The van der Waals surface area contributed by atoms with Gasteiger partial charge in [0.1, 0.15) is 0 Å². The van der Waals surface area contributed by atoms with Crippen molar-refractivity contribution in [1.29, 1.82) is 0 Å². The number of hydrogen-bond acceptors (Lipinski definition) is 0. The fourth-order valence-corrected chi connectivity index (χ4v) is 2.16. The molecule has 1 aliphatic carbocycles. The molecule has 0 aromatic heterocycles. The predicted molar refractivity (Wildman–Crippen MR) is 40.3 cm³/mol. The van der Waals surface area contributed by atoms with Gasteiger partial charge in [-0.1, -0.05) is 43.6 Å². The number of halogens is 1. The Bertz CT molecular complexity index is 99.6. The first-order chi connectivity index (χ1) is 3.40. The molecule has 0 aromatic carbocycles. The first kappa shape index (κ1) is 6.60. The van der Waals surface area contributed by atoms with Crippen LogP contribution in [0.4, 0.5) is 0 Å². The van der Waals surface area contributed by atoms with Gasteiger partial charge in [0.2, 0.25) is 0 Å². The second kappa shape index (κ2) is 1.31. The van der Waals surface area contributed by atoms with Gasteiger partial charge in [-0.15, -0.1) is 0 Å². The van der Waals surface area contributed by atoms with E-state index in [-0.39, 0.29) is 0 Å². The van der Waals surface area contributed by atoms with Crippen LogP contribution in [-0.4, -0.2) is 4.83 Å². The Hall–Kier alpha value is 0.480. The number of rotatable bonds is 0. The van der Waals surface area contributed by atoms with Crippen molar-refractivity contribution in [3.8, 4) is 0 Å². The molecular formula is C7H13Br. The maximum atomic E-state index is 3.62.